The molecule has 0 bridgehead atoms. The van der Waals surface area contributed by atoms with Gasteiger partial charge in [-0.2, -0.15) is 0 Å². The van der Waals surface area contributed by atoms with E-state index < -0.39 is 17.8 Å². The lowest BCUT2D eigenvalue weighted by Gasteiger charge is -2.26. The molecule has 11 nitrogen and oxygen atoms in total. The standard InChI is InChI=1S/C19H21N7O4/c1-26-10-16(28)25-14-7-11(9-22-17(14)26)18(29)23-12-3-2-4-13(8-12)24-19(30)21-6-5-15(20)27/h2-4,7-9H,5-6,10H2,1H3,(H2,20,27)(H,23,29)(H,25,28)(H2,21,24,30). The predicted molar refractivity (Wildman–Crippen MR) is 111 cm³/mol. The molecule has 1 aromatic carbocycles. The Labute approximate surface area is 172 Å². The number of aromatic nitrogens is 1. The number of carbonyl (C=O) groups is 4. The first-order valence-electron chi connectivity index (χ1n) is 9.07. The molecule has 11 heteroatoms. The minimum absolute atomic E-state index is 0.0363. The van der Waals surface area contributed by atoms with Crippen molar-refractivity contribution in [3.05, 3.63) is 42.1 Å². The lowest BCUT2D eigenvalue weighted by atomic mass is 10.2. The van der Waals surface area contributed by atoms with Crippen LogP contribution in [0.2, 0.25) is 0 Å². The third-order valence-electron chi connectivity index (χ3n) is 4.18. The first kappa shape index (κ1) is 20.6. The summed E-state index contributed by atoms with van der Waals surface area (Å²) in [5.74, 6) is -0.532. The van der Waals surface area contributed by atoms with Crippen molar-refractivity contribution in [1.82, 2.24) is 10.3 Å². The molecule has 0 saturated carbocycles. The highest BCUT2D eigenvalue weighted by Crippen LogP contribution is 2.27. The molecule has 3 rings (SSSR count). The van der Waals surface area contributed by atoms with E-state index in [1.165, 1.54) is 6.20 Å². The number of likely N-dealkylation sites (N-methyl/N-ethyl adjacent to an activating group) is 1. The fourth-order valence-electron chi connectivity index (χ4n) is 2.81. The normalized spacial score (nSPS) is 12.4. The van der Waals surface area contributed by atoms with Crippen LogP contribution in [0.3, 0.4) is 0 Å². The zero-order chi connectivity index (χ0) is 21.7. The molecule has 0 fully saturated rings. The molecule has 0 radical (unpaired) electrons. The van der Waals surface area contributed by atoms with E-state index in [0.29, 0.717) is 22.9 Å². The second-order valence-corrected chi connectivity index (χ2v) is 6.63. The van der Waals surface area contributed by atoms with Crippen LogP contribution in [-0.4, -0.2) is 48.9 Å². The summed E-state index contributed by atoms with van der Waals surface area (Å²) in [6.07, 6.45) is 1.46. The van der Waals surface area contributed by atoms with Crippen molar-refractivity contribution in [3.63, 3.8) is 0 Å². The topological polar surface area (TPSA) is 159 Å². The van der Waals surface area contributed by atoms with Crippen LogP contribution in [-0.2, 0) is 9.59 Å². The molecule has 156 valence electrons. The SMILES string of the molecule is CN1CC(=O)Nc2cc(C(=O)Nc3cccc(NC(=O)NCCC(N)=O)c3)cnc21. The van der Waals surface area contributed by atoms with Gasteiger partial charge in [-0.15, -0.1) is 0 Å². The fourth-order valence-corrected chi connectivity index (χ4v) is 2.81. The Morgan fingerprint density at radius 3 is 2.67 bits per heavy atom. The van der Waals surface area contributed by atoms with Gasteiger partial charge in [-0.25, -0.2) is 9.78 Å². The van der Waals surface area contributed by atoms with Crippen LogP contribution in [0.5, 0.6) is 0 Å². The second-order valence-electron chi connectivity index (χ2n) is 6.63. The number of nitrogens with one attached hydrogen (secondary N) is 4. The highest BCUT2D eigenvalue weighted by molar-refractivity contribution is 6.07. The molecule has 1 aromatic heterocycles. The number of benzene rings is 1. The minimum Gasteiger partial charge on any atom is -0.370 e. The number of hydrogen-bond donors (Lipinski definition) is 5. The van der Waals surface area contributed by atoms with Gasteiger partial charge in [0, 0.05) is 37.6 Å². The van der Waals surface area contributed by atoms with Gasteiger partial charge in [0.1, 0.15) is 0 Å². The summed E-state index contributed by atoms with van der Waals surface area (Å²) in [6.45, 7) is 0.316. The summed E-state index contributed by atoms with van der Waals surface area (Å²) < 4.78 is 0. The molecule has 0 saturated heterocycles. The maximum Gasteiger partial charge on any atom is 0.319 e. The van der Waals surface area contributed by atoms with E-state index in [4.69, 9.17) is 5.73 Å². The van der Waals surface area contributed by atoms with E-state index in [0.717, 1.165) is 0 Å². The molecule has 1 aliphatic rings. The van der Waals surface area contributed by atoms with Gasteiger partial charge < -0.3 is 31.9 Å². The second kappa shape index (κ2) is 8.90. The Balaban J connectivity index is 1.64. The Morgan fingerprint density at radius 1 is 1.20 bits per heavy atom. The van der Waals surface area contributed by atoms with Gasteiger partial charge in [-0.3, -0.25) is 14.4 Å². The van der Waals surface area contributed by atoms with Crippen molar-refractivity contribution < 1.29 is 19.2 Å². The molecule has 0 unspecified atom stereocenters. The van der Waals surface area contributed by atoms with Gasteiger partial charge in [-0.1, -0.05) is 6.07 Å². The molecule has 0 spiro atoms. The number of nitrogens with zero attached hydrogens (tertiary/aromatic N) is 2. The first-order valence-corrected chi connectivity index (χ1v) is 9.07. The van der Waals surface area contributed by atoms with Crippen molar-refractivity contribution in [1.29, 1.82) is 0 Å². The van der Waals surface area contributed by atoms with E-state index in [-0.39, 0.29) is 31.0 Å². The predicted octanol–water partition coefficient (Wildman–Crippen LogP) is 0.719. The van der Waals surface area contributed by atoms with Crippen molar-refractivity contribution in [3.8, 4) is 0 Å². The highest BCUT2D eigenvalue weighted by atomic mass is 16.2. The molecule has 2 heterocycles. The third-order valence-corrected chi connectivity index (χ3v) is 4.18. The molecule has 6 N–H and O–H groups in total. The largest absolute Gasteiger partial charge is 0.370 e. The summed E-state index contributed by atoms with van der Waals surface area (Å²) in [5, 5.41) is 10.5. The number of pyridine rings is 1. The van der Waals surface area contributed by atoms with Crippen LogP contribution < -0.4 is 31.9 Å². The zero-order valence-electron chi connectivity index (χ0n) is 16.2. The molecular weight excluding hydrogens is 390 g/mol. The Morgan fingerprint density at radius 2 is 1.93 bits per heavy atom. The quantitative estimate of drug-likeness (QED) is 0.471. The van der Waals surface area contributed by atoms with Gasteiger partial charge in [0.2, 0.25) is 11.8 Å². The molecule has 30 heavy (non-hydrogen) atoms. The first-order chi connectivity index (χ1) is 14.3. The molecule has 1 aliphatic heterocycles. The van der Waals surface area contributed by atoms with Crippen LogP contribution in [0.15, 0.2) is 36.5 Å². The lowest BCUT2D eigenvalue weighted by molar-refractivity contribution is -0.118. The average molecular weight is 411 g/mol. The van der Waals surface area contributed by atoms with E-state index in [1.54, 1.807) is 42.3 Å². The maximum absolute atomic E-state index is 12.6. The van der Waals surface area contributed by atoms with Crippen LogP contribution in [0.1, 0.15) is 16.8 Å². The van der Waals surface area contributed by atoms with Crippen molar-refractivity contribution in [2.75, 3.05) is 41.0 Å². The smallest absolute Gasteiger partial charge is 0.319 e. The minimum atomic E-state index is -0.511. The number of primary amides is 1. The third kappa shape index (κ3) is 5.22. The Bertz CT molecular complexity index is 1010. The molecule has 0 atom stereocenters. The van der Waals surface area contributed by atoms with Crippen molar-refractivity contribution >= 4 is 46.6 Å². The van der Waals surface area contributed by atoms with Crippen LogP contribution >= 0.6 is 0 Å². The van der Waals surface area contributed by atoms with Crippen molar-refractivity contribution in [2.45, 2.75) is 6.42 Å². The Kier molecular flexibility index (Phi) is 6.11. The zero-order valence-corrected chi connectivity index (χ0v) is 16.2. The average Bonchev–Trinajstić information content (AvgIpc) is 2.67. The van der Waals surface area contributed by atoms with Gasteiger partial charge in [0.05, 0.1) is 17.8 Å². The summed E-state index contributed by atoms with van der Waals surface area (Å²) in [6, 6.07) is 7.60. The highest BCUT2D eigenvalue weighted by Gasteiger charge is 2.21. The van der Waals surface area contributed by atoms with Crippen LogP contribution in [0.4, 0.5) is 27.7 Å². The summed E-state index contributed by atoms with van der Waals surface area (Å²) in [7, 11) is 1.74. The van der Waals surface area contributed by atoms with Crippen LogP contribution in [0, 0.1) is 0 Å². The van der Waals surface area contributed by atoms with Gasteiger partial charge in [0.15, 0.2) is 5.82 Å². The number of hydrogen-bond acceptors (Lipinski definition) is 6. The van der Waals surface area contributed by atoms with E-state index in [2.05, 4.69) is 26.3 Å². The summed E-state index contributed by atoms with van der Waals surface area (Å²) in [4.78, 5) is 52.7. The number of urea groups is 1. The van der Waals surface area contributed by atoms with Gasteiger partial charge >= 0.3 is 6.03 Å². The summed E-state index contributed by atoms with van der Waals surface area (Å²) >= 11 is 0. The number of nitrogens with two attached hydrogens (primary N) is 1. The lowest BCUT2D eigenvalue weighted by Crippen LogP contribution is -2.36. The molecular formula is C19H21N7O4. The maximum atomic E-state index is 12.6. The number of amides is 5. The van der Waals surface area contributed by atoms with Crippen molar-refractivity contribution in [2.24, 2.45) is 5.73 Å². The number of fused-ring (bicyclic) bond motifs is 1. The van der Waals surface area contributed by atoms with Gasteiger partial charge in [0.25, 0.3) is 5.91 Å². The molecule has 2 aromatic rings. The molecule has 5 amide bonds. The number of rotatable bonds is 6. The van der Waals surface area contributed by atoms with E-state index >= 15 is 0 Å². The van der Waals surface area contributed by atoms with Gasteiger partial charge in [-0.05, 0) is 24.3 Å². The van der Waals surface area contributed by atoms with E-state index in [9.17, 15) is 19.2 Å². The number of carbonyl (C=O) groups excluding carboxylic acids is 4. The van der Waals surface area contributed by atoms with Crippen LogP contribution in [0.25, 0.3) is 0 Å². The number of anilines is 4. The molecule has 0 aliphatic carbocycles. The van der Waals surface area contributed by atoms with E-state index in [1.807, 2.05) is 0 Å². The fraction of sp³-hybridized carbons (Fsp3) is 0.211. The summed E-state index contributed by atoms with van der Waals surface area (Å²) in [5.41, 5.74) is 6.65. The Hall–Kier alpha value is -4.15. The monoisotopic (exact) mass is 411 g/mol.